The molecular weight excluding hydrogens is 417 g/mol. The summed E-state index contributed by atoms with van der Waals surface area (Å²) >= 11 is 0. The molecule has 10 heteroatoms. The number of carbonyl (C=O) groups excluding carboxylic acids is 3. The molecule has 0 unspecified atom stereocenters. The van der Waals surface area contributed by atoms with Crippen LogP contribution in [0.1, 0.15) is 43.1 Å². The molecule has 1 aromatic heterocycles. The average Bonchev–Trinajstić information content (AvgIpc) is 3.28. The number of likely N-dealkylation sites (tertiary alicyclic amines) is 1. The fourth-order valence-corrected chi connectivity index (χ4v) is 3.45. The van der Waals surface area contributed by atoms with Gasteiger partial charge in [-0.1, -0.05) is 0 Å². The second kappa shape index (κ2) is 11.3. The van der Waals surface area contributed by atoms with E-state index in [2.05, 4.69) is 15.7 Å². The second-order valence-electron chi connectivity index (χ2n) is 7.51. The van der Waals surface area contributed by atoms with E-state index in [0.29, 0.717) is 57.6 Å². The number of ether oxygens (including phenoxy) is 1. The Morgan fingerprint density at radius 3 is 2.56 bits per heavy atom. The van der Waals surface area contributed by atoms with Crippen LogP contribution in [-0.2, 0) is 9.53 Å². The standard InChI is InChI=1S/C22H28FN5O4/c1-2-32-22(31)27-13-9-17(10-14-27)25-20(29)4-3-12-24-21(30)19-11-15-28(26-19)18-7-5-16(23)6-8-18/h5-8,11,15,17H,2-4,9-10,12-14H2,1H3,(H,24,30)(H,25,29). The van der Waals surface area contributed by atoms with Crippen molar-refractivity contribution < 1.29 is 23.5 Å². The number of amides is 3. The van der Waals surface area contributed by atoms with E-state index in [1.165, 1.54) is 16.8 Å². The third kappa shape index (κ3) is 6.53. The molecule has 0 bridgehead atoms. The zero-order chi connectivity index (χ0) is 22.9. The molecule has 2 N–H and O–H groups in total. The molecule has 172 valence electrons. The maximum Gasteiger partial charge on any atom is 0.409 e. The number of hydrogen-bond donors (Lipinski definition) is 2. The highest BCUT2D eigenvalue weighted by Gasteiger charge is 2.24. The van der Waals surface area contributed by atoms with Gasteiger partial charge in [-0.05, 0) is 56.5 Å². The number of halogens is 1. The van der Waals surface area contributed by atoms with Gasteiger partial charge >= 0.3 is 6.09 Å². The summed E-state index contributed by atoms with van der Waals surface area (Å²) in [6.45, 7) is 3.59. The first-order valence-corrected chi connectivity index (χ1v) is 10.8. The van der Waals surface area contributed by atoms with Crippen LogP contribution < -0.4 is 10.6 Å². The molecule has 3 amide bonds. The summed E-state index contributed by atoms with van der Waals surface area (Å²) in [5.41, 5.74) is 0.891. The maximum atomic E-state index is 13.0. The van der Waals surface area contributed by atoms with Gasteiger partial charge in [-0.15, -0.1) is 0 Å². The highest BCUT2D eigenvalue weighted by Crippen LogP contribution is 2.12. The number of hydrogen-bond acceptors (Lipinski definition) is 5. The summed E-state index contributed by atoms with van der Waals surface area (Å²) < 4.78 is 19.5. The van der Waals surface area contributed by atoms with Gasteiger partial charge in [0.05, 0.1) is 12.3 Å². The highest BCUT2D eigenvalue weighted by atomic mass is 19.1. The van der Waals surface area contributed by atoms with Crippen LogP contribution in [0.3, 0.4) is 0 Å². The lowest BCUT2D eigenvalue weighted by Gasteiger charge is -2.31. The number of carbonyl (C=O) groups is 3. The molecule has 2 heterocycles. The van der Waals surface area contributed by atoms with E-state index in [9.17, 15) is 18.8 Å². The predicted octanol–water partition coefficient (Wildman–Crippen LogP) is 2.26. The molecule has 1 aliphatic rings. The number of rotatable bonds is 8. The van der Waals surface area contributed by atoms with Gasteiger partial charge < -0.3 is 20.3 Å². The Morgan fingerprint density at radius 1 is 1.16 bits per heavy atom. The van der Waals surface area contributed by atoms with E-state index in [1.807, 2.05) is 0 Å². The molecule has 9 nitrogen and oxygen atoms in total. The number of benzene rings is 1. The van der Waals surface area contributed by atoms with Crippen molar-refractivity contribution in [1.29, 1.82) is 0 Å². The van der Waals surface area contributed by atoms with Gasteiger partial charge in [0, 0.05) is 38.3 Å². The number of piperidine rings is 1. The Kier molecular flexibility index (Phi) is 8.18. The van der Waals surface area contributed by atoms with Crippen LogP contribution >= 0.6 is 0 Å². The van der Waals surface area contributed by atoms with Crippen LogP contribution in [-0.4, -0.2) is 64.9 Å². The smallest absolute Gasteiger partial charge is 0.409 e. The predicted molar refractivity (Wildman–Crippen MR) is 115 cm³/mol. The van der Waals surface area contributed by atoms with Crippen LogP contribution in [0.25, 0.3) is 5.69 Å². The van der Waals surface area contributed by atoms with Gasteiger partial charge in [0.15, 0.2) is 5.69 Å². The first-order valence-electron chi connectivity index (χ1n) is 10.8. The van der Waals surface area contributed by atoms with Gasteiger partial charge in [-0.3, -0.25) is 9.59 Å². The molecule has 32 heavy (non-hydrogen) atoms. The SMILES string of the molecule is CCOC(=O)N1CCC(NC(=O)CCCNC(=O)c2ccn(-c3ccc(F)cc3)n2)CC1. The second-order valence-corrected chi connectivity index (χ2v) is 7.51. The lowest BCUT2D eigenvalue weighted by Crippen LogP contribution is -2.46. The molecule has 1 fully saturated rings. The third-order valence-electron chi connectivity index (χ3n) is 5.17. The fraction of sp³-hybridized carbons (Fsp3) is 0.455. The largest absolute Gasteiger partial charge is 0.450 e. The average molecular weight is 445 g/mol. The van der Waals surface area contributed by atoms with Gasteiger partial charge in [0.2, 0.25) is 5.91 Å². The summed E-state index contributed by atoms with van der Waals surface area (Å²) in [6, 6.07) is 7.41. The van der Waals surface area contributed by atoms with Gasteiger partial charge in [-0.2, -0.15) is 5.10 Å². The normalized spacial score (nSPS) is 14.1. The van der Waals surface area contributed by atoms with Crippen molar-refractivity contribution in [2.75, 3.05) is 26.2 Å². The monoisotopic (exact) mass is 445 g/mol. The summed E-state index contributed by atoms with van der Waals surface area (Å²) in [5.74, 6) is -0.753. The van der Waals surface area contributed by atoms with Gasteiger partial charge in [-0.25, -0.2) is 13.9 Å². The van der Waals surface area contributed by atoms with Gasteiger partial charge in [0.25, 0.3) is 5.91 Å². The van der Waals surface area contributed by atoms with Crippen LogP contribution in [0.2, 0.25) is 0 Å². The number of nitrogens with one attached hydrogen (secondary N) is 2. The Bertz CT molecular complexity index is 923. The van der Waals surface area contributed by atoms with Crippen molar-refractivity contribution in [3.8, 4) is 5.69 Å². The quantitative estimate of drug-likeness (QED) is 0.607. The molecule has 0 saturated carbocycles. The van der Waals surface area contributed by atoms with Gasteiger partial charge in [0.1, 0.15) is 5.82 Å². The summed E-state index contributed by atoms with van der Waals surface area (Å²) in [5, 5.41) is 9.93. The number of aromatic nitrogens is 2. The van der Waals surface area contributed by atoms with Crippen molar-refractivity contribution in [3.63, 3.8) is 0 Å². The molecular formula is C22H28FN5O4. The minimum atomic E-state index is -0.343. The minimum Gasteiger partial charge on any atom is -0.450 e. The maximum absolute atomic E-state index is 13.0. The van der Waals surface area contributed by atoms with Crippen LogP contribution in [0, 0.1) is 5.82 Å². The molecule has 0 aliphatic carbocycles. The zero-order valence-electron chi connectivity index (χ0n) is 18.1. The van der Waals surface area contributed by atoms with Crippen molar-refractivity contribution in [3.05, 3.63) is 48.0 Å². The molecule has 1 aliphatic heterocycles. The fourth-order valence-electron chi connectivity index (χ4n) is 3.45. The molecule has 0 radical (unpaired) electrons. The lowest BCUT2D eigenvalue weighted by atomic mass is 10.1. The zero-order valence-corrected chi connectivity index (χ0v) is 18.1. The van der Waals surface area contributed by atoms with Crippen molar-refractivity contribution >= 4 is 17.9 Å². The van der Waals surface area contributed by atoms with Crippen LogP contribution in [0.5, 0.6) is 0 Å². The Morgan fingerprint density at radius 2 is 1.88 bits per heavy atom. The van der Waals surface area contributed by atoms with Crippen LogP contribution in [0.4, 0.5) is 9.18 Å². The van der Waals surface area contributed by atoms with Crippen molar-refractivity contribution in [2.45, 2.75) is 38.6 Å². The van der Waals surface area contributed by atoms with E-state index < -0.39 is 0 Å². The first-order chi connectivity index (χ1) is 15.5. The minimum absolute atomic E-state index is 0.0400. The molecule has 3 rings (SSSR count). The third-order valence-corrected chi connectivity index (χ3v) is 5.17. The molecule has 1 saturated heterocycles. The highest BCUT2D eigenvalue weighted by molar-refractivity contribution is 5.92. The van der Waals surface area contributed by atoms with E-state index >= 15 is 0 Å². The van der Waals surface area contributed by atoms with E-state index in [-0.39, 0.29) is 35.5 Å². The Balaban J connectivity index is 1.33. The molecule has 0 atom stereocenters. The topological polar surface area (TPSA) is 106 Å². The Hall–Kier alpha value is -3.43. The summed E-state index contributed by atoms with van der Waals surface area (Å²) in [7, 11) is 0. The molecule has 0 spiro atoms. The summed E-state index contributed by atoms with van der Waals surface area (Å²) in [6.07, 6.45) is 3.50. The first kappa shape index (κ1) is 23.2. The Labute approximate surface area is 185 Å². The molecule has 1 aromatic carbocycles. The van der Waals surface area contributed by atoms with Crippen LogP contribution in [0.15, 0.2) is 36.5 Å². The molecule has 2 aromatic rings. The van der Waals surface area contributed by atoms with Crippen molar-refractivity contribution in [1.82, 2.24) is 25.3 Å². The van der Waals surface area contributed by atoms with E-state index in [4.69, 9.17) is 4.74 Å². The lowest BCUT2D eigenvalue weighted by molar-refractivity contribution is -0.122. The van der Waals surface area contributed by atoms with E-state index in [1.54, 1.807) is 36.2 Å². The number of nitrogens with zero attached hydrogens (tertiary/aromatic N) is 3. The summed E-state index contributed by atoms with van der Waals surface area (Å²) in [4.78, 5) is 37.8. The van der Waals surface area contributed by atoms with E-state index in [0.717, 1.165) is 0 Å². The van der Waals surface area contributed by atoms with Crippen molar-refractivity contribution in [2.24, 2.45) is 0 Å².